The summed E-state index contributed by atoms with van der Waals surface area (Å²) >= 11 is 0. The van der Waals surface area contributed by atoms with Crippen molar-refractivity contribution in [2.75, 3.05) is 11.9 Å². The highest BCUT2D eigenvalue weighted by Crippen LogP contribution is 2.18. The molecule has 1 N–H and O–H groups in total. The van der Waals surface area contributed by atoms with Gasteiger partial charge in [-0.05, 0) is 29.8 Å². The molecule has 76 valence electrons. The van der Waals surface area contributed by atoms with Crippen molar-refractivity contribution in [3.05, 3.63) is 54.6 Å². The van der Waals surface area contributed by atoms with E-state index in [1.807, 2.05) is 13.0 Å². The van der Waals surface area contributed by atoms with Gasteiger partial charge in [0.2, 0.25) is 0 Å². The molecule has 0 aliphatic rings. The second-order valence-corrected chi connectivity index (χ2v) is 3.51. The van der Waals surface area contributed by atoms with Crippen LogP contribution in [0.3, 0.4) is 0 Å². The fourth-order valence-electron chi connectivity index (χ4n) is 1.59. The molecule has 0 aliphatic heterocycles. The molecule has 0 spiro atoms. The third-order valence-electron chi connectivity index (χ3n) is 2.41. The van der Waals surface area contributed by atoms with Gasteiger partial charge in [0.25, 0.3) is 0 Å². The van der Waals surface area contributed by atoms with Crippen molar-refractivity contribution in [2.24, 2.45) is 0 Å². The van der Waals surface area contributed by atoms with Crippen molar-refractivity contribution in [1.29, 1.82) is 0 Å². The molecule has 0 radical (unpaired) electrons. The molecular formula is C14H15N. The van der Waals surface area contributed by atoms with Gasteiger partial charge in [-0.2, -0.15) is 0 Å². The second-order valence-electron chi connectivity index (χ2n) is 3.51. The van der Waals surface area contributed by atoms with Gasteiger partial charge in [-0.3, -0.25) is 0 Å². The van der Waals surface area contributed by atoms with Gasteiger partial charge in [-0.25, -0.2) is 0 Å². The highest BCUT2D eigenvalue weighted by molar-refractivity contribution is 5.85. The van der Waals surface area contributed by atoms with Crippen LogP contribution in [0, 0.1) is 0 Å². The van der Waals surface area contributed by atoms with E-state index in [0.29, 0.717) is 0 Å². The Kier molecular flexibility index (Phi) is 3.03. The zero-order valence-electron chi connectivity index (χ0n) is 8.90. The third-order valence-corrected chi connectivity index (χ3v) is 2.41. The average molecular weight is 197 g/mol. The Morgan fingerprint density at radius 2 is 1.87 bits per heavy atom. The molecule has 2 aromatic rings. The minimum absolute atomic E-state index is 0.884. The van der Waals surface area contributed by atoms with Crippen molar-refractivity contribution in [2.45, 2.75) is 6.92 Å². The molecule has 0 saturated carbocycles. The van der Waals surface area contributed by atoms with Crippen molar-refractivity contribution in [1.82, 2.24) is 0 Å². The zero-order chi connectivity index (χ0) is 10.5. The number of nitrogens with one attached hydrogen (secondary N) is 1. The van der Waals surface area contributed by atoms with Crippen LogP contribution in [-0.4, -0.2) is 6.54 Å². The molecule has 0 amide bonds. The summed E-state index contributed by atoms with van der Waals surface area (Å²) in [7, 11) is 0. The predicted molar refractivity (Wildman–Crippen MR) is 67.3 cm³/mol. The Morgan fingerprint density at radius 1 is 1.07 bits per heavy atom. The molecule has 0 aliphatic carbocycles. The number of hydrogen-bond donors (Lipinski definition) is 1. The fourth-order valence-corrected chi connectivity index (χ4v) is 1.59. The molecule has 0 unspecified atom stereocenters. The first-order valence-corrected chi connectivity index (χ1v) is 5.24. The van der Waals surface area contributed by atoms with Crippen molar-refractivity contribution >= 4 is 16.5 Å². The average Bonchev–Trinajstić information content (AvgIpc) is 2.29. The molecule has 0 atom stereocenters. The third kappa shape index (κ3) is 2.38. The van der Waals surface area contributed by atoms with Gasteiger partial charge in [-0.1, -0.05) is 42.5 Å². The lowest BCUT2D eigenvalue weighted by Gasteiger charge is -2.04. The number of rotatable bonds is 3. The molecule has 1 heteroatoms. The van der Waals surface area contributed by atoms with E-state index in [4.69, 9.17) is 0 Å². The molecule has 0 bridgehead atoms. The predicted octanol–water partition coefficient (Wildman–Crippen LogP) is 3.83. The van der Waals surface area contributed by atoms with Gasteiger partial charge >= 0.3 is 0 Å². The van der Waals surface area contributed by atoms with E-state index in [-0.39, 0.29) is 0 Å². The number of benzene rings is 2. The van der Waals surface area contributed by atoms with E-state index in [1.165, 1.54) is 16.5 Å². The molecule has 15 heavy (non-hydrogen) atoms. The molecule has 1 nitrogen and oxygen atoms in total. The van der Waals surface area contributed by atoms with Crippen LogP contribution >= 0.6 is 0 Å². The van der Waals surface area contributed by atoms with Gasteiger partial charge < -0.3 is 5.32 Å². The Morgan fingerprint density at radius 3 is 2.67 bits per heavy atom. The number of fused-ring (bicyclic) bond motifs is 1. The summed E-state index contributed by atoms with van der Waals surface area (Å²) in [5.41, 5.74) is 1.17. The van der Waals surface area contributed by atoms with Crippen LogP contribution in [0.25, 0.3) is 10.8 Å². The summed E-state index contributed by atoms with van der Waals surface area (Å²) in [6, 6.07) is 14.8. The van der Waals surface area contributed by atoms with Gasteiger partial charge in [-0.15, -0.1) is 0 Å². The standard InChI is InChI=1S/C14H15N/c1-2-3-10-15-14-9-8-12-6-4-5-7-13(12)11-14/h2-9,11,15H,10H2,1H3/b3-2-. The number of anilines is 1. The van der Waals surface area contributed by atoms with Crippen LogP contribution in [0.4, 0.5) is 5.69 Å². The second kappa shape index (κ2) is 4.65. The summed E-state index contributed by atoms with van der Waals surface area (Å²) in [6.45, 7) is 2.91. The van der Waals surface area contributed by atoms with Crippen molar-refractivity contribution < 1.29 is 0 Å². The van der Waals surface area contributed by atoms with Crippen LogP contribution in [0.1, 0.15) is 6.92 Å². The topological polar surface area (TPSA) is 12.0 Å². The molecule has 0 heterocycles. The van der Waals surface area contributed by atoms with Crippen LogP contribution in [0.2, 0.25) is 0 Å². The van der Waals surface area contributed by atoms with Crippen molar-refractivity contribution in [3.63, 3.8) is 0 Å². The minimum atomic E-state index is 0.884. The van der Waals surface area contributed by atoms with E-state index in [2.05, 4.69) is 53.9 Å². The maximum absolute atomic E-state index is 3.35. The Bertz CT molecular complexity index is 471. The van der Waals surface area contributed by atoms with Gasteiger partial charge in [0.05, 0.1) is 0 Å². The lowest BCUT2D eigenvalue weighted by atomic mass is 10.1. The molecular weight excluding hydrogens is 182 g/mol. The Hall–Kier alpha value is -1.76. The van der Waals surface area contributed by atoms with E-state index >= 15 is 0 Å². The summed E-state index contributed by atoms with van der Waals surface area (Å²) in [5.74, 6) is 0. The molecule has 0 aromatic heterocycles. The van der Waals surface area contributed by atoms with E-state index < -0.39 is 0 Å². The van der Waals surface area contributed by atoms with Gasteiger partial charge in [0, 0.05) is 12.2 Å². The molecule has 2 aromatic carbocycles. The Balaban J connectivity index is 2.23. The van der Waals surface area contributed by atoms with E-state index in [9.17, 15) is 0 Å². The number of allylic oxidation sites excluding steroid dienone is 1. The fraction of sp³-hybridized carbons (Fsp3) is 0.143. The monoisotopic (exact) mass is 197 g/mol. The van der Waals surface area contributed by atoms with Crippen LogP contribution < -0.4 is 5.32 Å². The largest absolute Gasteiger partial charge is 0.382 e. The van der Waals surface area contributed by atoms with Crippen LogP contribution in [0.15, 0.2) is 54.6 Å². The van der Waals surface area contributed by atoms with Gasteiger partial charge in [0.1, 0.15) is 0 Å². The van der Waals surface area contributed by atoms with Crippen LogP contribution in [0.5, 0.6) is 0 Å². The quantitative estimate of drug-likeness (QED) is 0.737. The van der Waals surface area contributed by atoms with E-state index in [1.54, 1.807) is 0 Å². The summed E-state index contributed by atoms with van der Waals surface area (Å²) < 4.78 is 0. The lowest BCUT2D eigenvalue weighted by Crippen LogP contribution is -1.97. The maximum Gasteiger partial charge on any atom is 0.0349 e. The molecule has 0 saturated heterocycles. The zero-order valence-corrected chi connectivity index (χ0v) is 8.90. The summed E-state index contributed by atoms with van der Waals surface area (Å²) in [6.07, 6.45) is 4.16. The molecule has 2 rings (SSSR count). The van der Waals surface area contributed by atoms with E-state index in [0.717, 1.165) is 6.54 Å². The molecule has 0 fully saturated rings. The van der Waals surface area contributed by atoms with Crippen LogP contribution in [-0.2, 0) is 0 Å². The highest BCUT2D eigenvalue weighted by atomic mass is 14.8. The smallest absolute Gasteiger partial charge is 0.0349 e. The summed E-state index contributed by atoms with van der Waals surface area (Å²) in [4.78, 5) is 0. The maximum atomic E-state index is 3.35. The SMILES string of the molecule is C/C=C\CNc1ccc2ccccc2c1. The normalized spacial score (nSPS) is 11.0. The first-order chi connectivity index (χ1) is 7.40. The van der Waals surface area contributed by atoms with Crippen molar-refractivity contribution in [3.8, 4) is 0 Å². The van der Waals surface area contributed by atoms with Gasteiger partial charge in [0.15, 0.2) is 0 Å². The first kappa shape index (κ1) is 9.78. The Labute approximate surface area is 90.4 Å². The highest BCUT2D eigenvalue weighted by Gasteiger charge is 1.93. The minimum Gasteiger partial charge on any atom is -0.382 e. The first-order valence-electron chi connectivity index (χ1n) is 5.24. The number of hydrogen-bond acceptors (Lipinski definition) is 1. The lowest BCUT2D eigenvalue weighted by molar-refractivity contribution is 1.33. The summed E-state index contributed by atoms with van der Waals surface area (Å²) in [5, 5.41) is 5.92.